The lowest BCUT2D eigenvalue weighted by Gasteiger charge is -2.11. The van der Waals surface area contributed by atoms with E-state index < -0.39 is 0 Å². The van der Waals surface area contributed by atoms with E-state index in [9.17, 15) is 0 Å². The number of rotatable bonds is 20. The Kier molecular flexibility index (Phi) is 21.0. The molecule has 0 fully saturated rings. The lowest BCUT2D eigenvalue weighted by atomic mass is 10.0. The summed E-state index contributed by atoms with van der Waals surface area (Å²) >= 11 is 0. The van der Waals surface area contributed by atoms with Crippen LogP contribution in [0, 0.1) is 0 Å². The Hall–Kier alpha value is -0.0400. The molecule has 0 aromatic carbocycles. The Morgan fingerprint density at radius 1 is 0.500 bits per heavy atom. The molecule has 146 valence electrons. The smallest absolute Gasteiger partial charge is 0.0546 e. The molecule has 0 radical (unpaired) electrons. The van der Waals surface area contributed by atoms with E-state index in [0.29, 0.717) is 6.10 Å². The van der Waals surface area contributed by atoms with Crippen molar-refractivity contribution in [3.8, 4) is 0 Å². The van der Waals surface area contributed by atoms with Crippen LogP contribution in [0.25, 0.3) is 0 Å². The molecular weight excluding hydrogens is 292 g/mol. The summed E-state index contributed by atoms with van der Waals surface area (Å²) in [4.78, 5) is 0. The summed E-state index contributed by atoms with van der Waals surface area (Å²) in [6.07, 6.45) is 25.8. The van der Waals surface area contributed by atoms with Gasteiger partial charge in [0.25, 0.3) is 0 Å². The molecule has 0 heterocycles. The Bertz CT molecular complexity index is 214. The molecule has 1 heteroatoms. The molecule has 1 unspecified atom stereocenters. The predicted octanol–water partition coefficient (Wildman–Crippen LogP) is 8.45. The first-order valence-electron chi connectivity index (χ1n) is 11.4. The van der Waals surface area contributed by atoms with E-state index >= 15 is 0 Å². The monoisotopic (exact) mass is 340 g/mol. The van der Waals surface area contributed by atoms with Crippen LogP contribution in [0.15, 0.2) is 0 Å². The van der Waals surface area contributed by atoms with Gasteiger partial charge in [-0.25, -0.2) is 0 Å². The molecule has 0 aliphatic rings. The highest BCUT2D eigenvalue weighted by Gasteiger charge is 1.99. The molecule has 0 saturated heterocycles. The van der Waals surface area contributed by atoms with Crippen molar-refractivity contribution in [3.63, 3.8) is 0 Å². The minimum atomic E-state index is 0.464. The van der Waals surface area contributed by atoms with Crippen LogP contribution >= 0.6 is 0 Å². The van der Waals surface area contributed by atoms with Crippen molar-refractivity contribution in [3.05, 3.63) is 0 Å². The van der Waals surface area contributed by atoms with E-state index in [1.165, 1.54) is 116 Å². The van der Waals surface area contributed by atoms with E-state index in [4.69, 9.17) is 4.74 Å². The number of hydrogen-bond donors (Lipinski definition) is 0. The minimum absolute atomic E-state index is 0.464. The van der Waals surface area contributed by atoms with Crippen molar-refractivity contribution in [2.45, 2.75) is 142 Å². The third kappa shape index (κ3) is 20.0. The van der Waals surface area contributed by atoms with E-state index in [1.54, 1.807) is 0 Å². The molecule has 0 saturated carbocycles. The van der Waals surface area contributed by atoms with Crippen LogP contribution in [0.2, 0.25) is 0 Å². The highest BCUT2D eigenvalue weighted by Crippen LogP contribution is 2.13. The van der Waals surface area contributed by atoms with Gasteiger partial charge in [-0.2, -0.15) is 0 Å². The van der Waals surface area contributed by atoms with Crippen molar-refractivity contribution in [1.82, 2.24) is 0 Å². The molecular formula is C23H48O. The van der Waals surface area contributed by atoms with Crippen LogP contribution in [0.3, 0.4) is 0 Å². The molecule has 0 aliphatic carbocycles. The fraction of sp³-hybridized carbons (Fsp3) is 1.00. The van der Waals surface area contributed by atoms with Gasteiger partial charge >= 0.3 is 0 Å². The Morgan fingerprint density at radius 3 is 1.25 bits per heavy atom. The van der Waals surface area contributed by atoms with Crippen LogP contribution in [-0.4, -0.2) is 12.7 Å². The Balaban J connectivity index is 3.00. The Labute approximate surface area is 154 Å². The van der Waals surface area contributed by atoms with Crippen LogP contribution in [-0.2, 0) is 4.74 Å². The zero-order valence-electron chi connectivity index (χ0n) is 17.4. The van der Waals surface area contributed by atoms with Gasteiger partial charge < -0.3 is 4.74 Å². The summed E-state index contributed by atoms with van der Waals surface area (Å²) < 4.78 is 5.80. The second kappa shape index (κ2) is 21.0. The fourth-order valence-corrected chi connectivity index (χ4v) is 3.42. The molecule has 0 rings (SSSR count). The van der Waals surface area contributed by atoms with E-state index in [0.717, 1.165) is 6.61 Å². The summed E-state index contributed by atoms with van der Waals surface area (Å²) in [6, 6.07) is 0. The van der Waals surface area contributed by atoms with Gasteiger partial charge in [-0.05, 0) is 19.8 Å². The first kappa shape index (κ1) is 24.0. The molecule has 0 aromatic rings. The van der Waals surface area contributed by atoms with Crippen molar-refractivity contribution in [2.24, 2.45) is 0 Å². The second-order valence-electron chi connectivity index (χ2n) is 7.77. The third-order valence-corrected chi connectivity index (χ3v) is 5.10. The van der Waals surface area contributed by atoms with E-state index in [1.807, 2.05) is 0 Å². The zero-order valence-corrected chi connectivity index (χ0v) is 17.4. The van der Waals surface area contributed by atoms with Gasteiger partial charge in [0.2, 0.25) is 0 Å². The van der Waals surface area contributed by atoms with Crippen molar-refractivity contribution >= 4 is 0 Å². The lowest BCUT2D eigenvalue weighted by Crippen LogP contribution is -2.08. The highest BCUT2D eigenvalue weighted by atomic mass is 16.5. The van der Waals surface area contributed by atoms with Gasteiger partial charge in [0.05, 0.1) is 6.10 Å². The molecule has 1 atom stereocenters. The normalized spacial score (nSPS) is 12.6. The number of hydrogen-bond acceptors (Lipinski definition) is 1. The molecule has 0 spiro atoms. The number of unbranched alkanes of at least 4 members (excludes halogenated alkanes) is 15. The van der Waals surface area contributed by atoms with Gasteiger partial charge in [0.1, 0.15) is 0 Å². The van der Waals surface area contributed by atoms with Gasteiger partial charge in [-0.3, -0.25) is 0 Å². The predicted molar refractivity (Wildman–Crippen MR) is 110 cm³/mol. The van der Waals surface area contributed by atoms with Crippen molar-refractivity contribution in [1.29, 1.82) is 0 Å². The summed E-state index contributed by atoms with van der Waals surface area (Å²) in [5.41, 5.74) is 0. The molecule has 0 amide bonds. The molecule has 0 N–H and O–H groups in total. The molecule has 1 nitrogen and oxygen atoms in total. The average Bonchev–Trinajstić information content (AvgIpc) is 2.58. The molecule has 0 aliphatic heterocycles. The lowest BCUT2D eigenvalue weighted by molar-refractivity contribution is 0.0570. The van der Waals surface area contributed by atoms with E-state index in [2.05, 4.69) is 20.8 Å². The minimum Gasteiger partial charge on any atom is -0.379 e. The highest BCUT2D eigenvalue weighted by molar-refractivity contribution is 4.51. The molecule has 0 bridgehead atoms. The topological polar surface area (TPSA) is 9.23 Å². The van der Waals surface area contributed by atoms with Crippen LogP contribution in [0.4, 0.5) is 0 Å². The second-order valence-corrected chi connectivity index (χ2v) is 7.77. The first-order valence-corrected chi connectivity index (χ1v) is 11.4. The van der Waals surface area contributed by atoms with E-state index in [-0.39, 0.29) is 0 Å². The summed E-state index contributed by atoms with van der Waals surface area (Å²) in [7, 11) is 0. The maximum Gasteiger partial charge on any atom is 0.0546 e. The van der Waals surface area contributed by atoms with Gasteiger partial charge in [-0.15, -0.1) is 0 Å². The summed E-state index contributed by atoms with van der Waals surface area (Å²) in [5, 5.41) is 0. The third-order valence-electron chi connectivity index (χ3n) is 5.10. The summed E-state index contributed by atoms with van der Waals surface area (Å²) in [5.74, 6) is 0. The SMILES string of the molecule is CCCCCCCCCCCCCCCCCCOC(C)CCC. The van der Waals surface area contributed by atoms with Gasteiger partial charge in [-0.1, -0.05) is 117 Å². The molecule has 24 heavy (non-hydrogen) atoms. The van der Waals surface area contributed by atoms with Crippen LogP contribution < -0.4 is 0 Å². The maximum absolute atomic E-state index is 5.80. The van der Waals surface area contributed by atoms with Gasteiger partial charge in [0.15, 0.2) is 0 Å². The fourth-order valence-electron chi connectivity index (χ4n) is 3.42. The van der Waals surface area contributed by atoms with Crippen molar-refractivity contribution < 1.29 is 4.74 Å². The zero-order chi connectivity index (χ0) is 17.7. The van der Waals surface area contributed by atoms with Crippen LogP contribution in [0.1, 0.15) is 136 Å². The average molecular weight is 341 g/mol. The standard InChI is InChI=1S/C23H48O/c1-4-6-7-8-9-10-11-12-13-14-15-16-17-18-19-20-22-24-23(3)21-5-2/h23H,4-22H2,1-3H3. The van der Waals surface area contributed by atoms with Crippen LogP contribution in [0.5, 0.6) is 0 Å². The quantitative estimate of drug-likeness (QED) is 0.202. The Morgan fingerprint density at radius 2 is 0.875 bits per heavy atom. The first-order chi connectivity index (χ1) is 11.8. The molecule has 0 aromatic heterocycles. The number of ether oxygens (including phenoxy) is 1. The summed E-state index contributed by atoms with van der Waals surface area (Å²) in [6.45, 7) is 7.70. The largest absolute Gasteiger partial charge is 0.379 e. The maximum atomic E-state index is 5.80. The van der Waals surface area contributed by atoms with Gasteiger partial charge in [0, 0.05) is 6.61 Å². The van der Waals surface area contributed by atoms with Crippen molar-refractivity contribution in [2.75, 3.05) is 6.61 Å².